The summed E-state index contributed by atoms with van der Waals surface area (Å²) in [5, 5.41) is 0. The fraction of sp³-hybridized carbons (Fsp3) is 0.588. The number of carbonyl (C=O) groups excluding carboxylic acids is 1. The van der Waals surface area contributed by atoms with E-state index in [-0.39, 0.29) is 24.7 Å². The normalized spacial score (nSPS) is 26.4. The molecule has 2 heterocycles. The van der Waals surface area contributed by atoms with Gasteiger partial charge in [0.15, 0.2) is 0 Å². The van der Waals surface area contributed by atoms with Crippen molar-refractivity contribution in [1.29, 1.82) is 0 Å². The number of hydrogen-bond acceptors (Lipinski definition) is 3. The molecule has 2 aliphatic heterocycles. The van der Waals surface area contributed by atoms with Crippen LogP contribution in [0, 0.1) is 5.92 Å². The van der Waals surface area contributed by atoms with Crippen LogP contribution in [0.1, 0.15) is 19.4 Å². The lowest BCUT2D eigenvalue weighted by atomic mass is 10.1. The first-order chi connectivity index (χ1) is 10.1. The molecule has 4 heteroatoms. The molecule has 3 rings (SSSR count). The van der Waals surface area contributed by atoms with Gasteiger partial charge in [0.2, 0.25) is 5.91 Å². The van der Waals surface area contributed by atoms with Crippen molar-refractivity contribution in [1.82, 2.24) is 9.80 Å². The van der Waals surface area contributed by atoms with Crippen LogP contribution in [0.4, 0.5) is 0 Å². The molecule has 21 heavy (non-hydrogen) atoms. The maximum atomic E-state index is 12.3. The van der Waals surface area contributed by atoms with Crippen molar-refractivity contribution < 1.29 is 9.53 Å². The number of rotatable bonds is 4. The summed E-state index contributed by atoms with van der Waals surface area (Å²) < 4.78 is 5.76. The Bertz CT molecular complexity index is 489. The minimum atomic E-state index is 0.117. The number of benzene rings is 1. The highest BCUT2D eigenvalue weighted by atomic mass is 16.5. The number of fused-ring (bicyclic) bond motifs is 1. The number of nitrogens with zero attached hydrogens (tertiary/aromatic N) is 2. The summed E-state index contributed by atoms with van der Waals surface area (Å²) in [7, 11) is 0. The van der Waals surface area contributed by atoms with E-state index < -0.39 is 0 Å². The average molecular weight is 288 g/mol. The molecule has 0 saturated carbocycles. The molecule has 1 aromatic carbocycles. The predicted molar refractivity (Wildman–Crippen MR) is 81.8 cm³/mol. The third kappa shape index (κ3) is 3.27. The lowest BCUT2D eigenvalue weighted by Crippen LogP contribution is -2.53. The first-order valence-electron chi connectivity index (χ1n) is 7.81. The average Bonchev–Trinajstić information content (AvgIpc) is 2.85. The molecule has 2 atom stereocenters. The molecule has 0 aromatic heterocycles. The zero-order valence-corrected chi connectivity index (χ0v) is 12.9. The van der Waals surface area contributed by atoms with Gasteiger partial charge < -0.3 is 9.64 Å². The topological polar surface area (TPSA) is 32.8 Å². The number of ether oxygens (including phenoxy) is 1. The van der Waals surface area contributed by atoms with E-state index in [2.05, 4.69) is 30.9 Å². The third-order valence-electron chi connectivity index (χ3n) is 4.27. The first-order valence-corrected chi connectivity index (χ1v) is 7.81. The van der Waals surface area contributed by atoms with Crippen LogP contribution in [0.25, 0.3) is 0 Å². The lowest BCUT2D eigenvalue weighted by Gasteiger charge is -2.36. The van der Waals surface area contributed by atoms with Gasteiger partial charge in [0, 0.05) is 26.2 Å². The van der Waals surface area contributed by atoms with Crippen LogP contribution in [-0.4, -0.2) is 54.1 Å². The van der Waals surface area contributed by atoms with E-state index >= 15 is 0 Å². The third-order valence-corrected chi connectivity index (χ3v) is 4.27. The van der Waals surface area contributed by atoms with Crippen molar-refractivity contribution in [2.45, 2.75) is 32.5 Å². The molecule has 0 radical (unpaired) electrons. The Morgan fingerprint density at radius 2 is 2.00 bits per heavy atom. The van der Waals surface area contributed by atoms with Crippen molar-refractivity contribution in [2.24, 2.45) is 5.92 Å². The van der Waals surface area contributed by atoms with E-state index in [9.17, 15) is 4.79 Å². The van der Waals surface area contributed by atoms with Gasteiger partial charge in [-0.3, -0.25) is 9.69 Å². The minimum absolute atomic E-state index is 0.117. The van der Waals surface area contributed by atoms with Gasteiger partial charge >= 0.3 is 0 Å². The Balaban J connectivity index is 1.71. The second kappa shape index (κ2) is 6.16. The SMILES string of the molecule is CC(C)CN1C[C@@H]2OCC(=O)N(Cc3ccccc3)[C@@H]2C1. The summed E-state index contributed by atoms with van der Waals surface area (Å²) in [6.07, 6.45) is 0.171. The van der Waals surface area contributed by atoms with E-state index in [0.29, 0.717) is 12.5 Å². The van der Waals surface area contributed by atoms with Crippen molar-refractivity contribution in [3.05, 3.63) is 35.9 Å². The van der Waals surface area contributed by atoms with E-state index in [4.69, 9.17) is 4.74 Å². The van der Waals surface area contributed by atoms with Crippen LogP contribution >= 0.6 is 0 Å². The fourth-order valence-electron chi connectivity index (χ4n) is 3.39. The molecular weight excluding hydrogens is 264 g/mol. The number of carbonyl (C=O) groups is 1. The highest BCUT2D eigenvalue weighted by Gasteiger charge is 2.42. The maximum Gasteiger partial charge on any atom is 0.249 e. The summed E-state index contributed by atoms with van der Waals surface area (Å²) in [5.74, 6) is 0.759. The second-order valence-corrected chi connectivity index (χ2v) is 6.54. The lowest BCUT2D eigenvalue weighted by molar-refractivity contribution is -0.153. The molecule has 2 fully saturated rings. The van der Waals surface area contributed by atoms with Crippen molar-refractivity contribution in [2.75, 3.05) is 26.2 Å². The quantitative estimate of drug-likeness (QED) is 0.846. The summed E-state index contributed by atoms with van der Waals surface area (Å²) in [6, 6.07) is 10.4. The molecule has 2 aliphatic rings. The van der Waals surface area contributed by atoms with Crippen LogP contribution in [-0.2, 0) is 16.1 Å². The maximum absolute atomic E-state index is 12.3. The number of amides is 1. The zero-order chi connectivity index (χ0) is 14.8. The van der Waals surface area contributed by atoms with Gasteiger partial charge in [-0.1, -0.05) is 44.2 Å². The summed E-state index contributed by atoms with van der Waals surface area (Å²) in [6.45, 7) is 8.33. The van der Waals surface area contributed by atoms with Gasteiger partial charge in [-0.25, -0.2) is 0 Å². The molecule has 4 nitrogen and oxygen atoms in total. The van der Waals surface area contributed by atoms with Crippen LogP contribution in [0.3, 0.4) is 0 Å². The van der Waals surface area contributed by atoms with Gasteiger partial charge in [0.05, 0.1) is 12.1 Å². The van der Waals surface area contributed by atoms with Crippen molar-refractivity contribution in [3.63, 3.8) is 0 Å². The minimum Gasteiger partial charge on any atom is -0.365 e. The van der Waals surface area contributed by atoms with E-state index in [0.717, 1.165) is 19.6 Å². The Morgan fingerprint density at radius 1 is 1.24 bits per heavy atom. The van der Waals surface area contributed by atoms with Gasteiger partial charge in [-0.05, 0) is 11.5 Å². The van der Waals surface area contributed by atoms with Crippen LogP contribution in [0.15, 0.2) is 30.3 Å². The molecule has 0 N–H and O–H groups in total. The monoisotopic (exact) mass is 288 g/mol. The number of likely N-dealkylation sites (tertiary alicyclic amines) is 1. The molecule has 114 valence electrons. The largest absolute Gasteiger partial charge is 0.365 e. The Labute approximate surface area is 126 Å². The first kappa shape index (κ1) is 14.5. The molecule has 1 aromatic rings. The smallest absolute Gasteiger partial charge is 0.249 e. The molecule has 0 bridgehead atoms. The van der Waals surface area contributed by atoms with E-state index in [1.165, 1.54) is 5.56 Å². The molecule has 2 saturated heterocycles. The summed E-state index contributed by atoms with van der Waals surface area (Å²) in [5.41, 5.74) is 1.19. The summed E-state index contributed by atoms with van der Waals surface area (Å²) >= 11 is 0. The van der Waals surface area contributed by atoms with Crippen molar-refractivity contribution >= 4 is 5.91 Å². The Kier molecular flexibility index (Phi) is 4.27. The Morgan fingerprint density at radius 3 is 2.71 bits per heavy atom. The van der Waals surface area contributed by atoms with Crippen LogP contribution < -0.4 is 0 Å². The summed E-state index contributed by atoms with van der Waals surface area (Å²) in [4.78, 5) is 16.7. The number of morpholine rings is 1. The standard InChI is InChI=1S/C17H24N2O2/c1-13(2)8-18-10-15-16(11-18)21-12-17(20)19(15)9-14-6-4-3-5-7-14/h3-7,13,15-16H,8-12H2,1-2H3/t15-,16+/m1/s1. The molecular formula is C17H24N2O2. The molecule has 0 spiro atoms. The highest BCUT2D eigenvalue weighted by molar-refractivity contribution is 5.78. The van der Waals surface area contributed by atoms with E-state index in [1.807, 2.05) is 23.1 Å². The van der Waals surface area contributed by atoms with Gasteiger partial charge in [-0.2, -0.15) is 0 Å². The zero-order valence-electron chi connectivity index (χ0n) is 12.9. The van der Waals surface area contributed by atoms with E-state index in [1.54, 1.807) is 0 Å². The Hall–Kier alpha value is -1.39. The highest BCUT2D eigenvalue weighted by Crippen LogP contribution is 2.25. The van der Waals surface area contributed by atoms with Crippen LogP contribution in [0.5, 0.6) is 0 Å². The van der Waals surface area contributed by atoms with Gasteiger partial charge in [-0.15, -0.1) is 0 Å². The molecule has 1 amide bonds. The molecule has 0 unspecified atom stereocenters. The van der Waals surface area contributed by atoms with Gasteiger partial charge in [0.1, 0.15) is 6.61 Å². The van der Waals surface area contributed by atoms with Gasteiger partial charge in [0.25, 0.3) is 0 Å². The van der Waals surface area contributed by atoms with Crippen LogP contribution in [0.2, 0.25) is 0 Å². The second-order valence-electron chi connectivity index (χ2n) is 6.54. The predicted octanol–water partition coefficient (Wildman–Crippen LogP) is 1.75. The fourth-order valence-corrected chi connectivity index (χ4v) is 3.39. The van der Waals surface area contributed by atoms with Crippen molar-refractivity contribution in [3.8, 4) is 0 Å². The molecule has 0 aliphatic carbocycles. The number of hydrogen-bond donors (Lipinski definition) is 0.